The fourth-order valence-electron chi connectivity index (χ4n) is 4.73. The van der Waals surface area contributed by atoms with Crippen molar-refractivity contribution in [3.8, 4) is 0 Å². The highest BCUT2D eigenvalue weighted by molar-refractivity contribution is 7.89. The van der Waals surface area contributed by atoms with Gasteiger partial charge < -0.3 is 10.2 Å². The monoisotopic (exact) mass is 557 g/mol. The second-order valence-electron chi connectivity index (χ2n) is 9.88. The highest BCUT2D eigenvalue weighted by atomic mass is 32.2. The Balaban J connectivity index is 1.66. The van der Waals surface area contributed by atoms with Crippen molar-refractivity contribution in [1.82, 2.24) is 14.5 Å². The van der Waals surface area contributed by atoms with E-state index < -0.39 is 28.5 Å². The van der Waals surface area contributed by atoms with Gasteiger partial charge in [-0.2, -0.15) is 4.31 Å². The lowest BCUT2D eigenvalue weighted by molar-refractivity contribution is -0.141. The average molecular weight is 558 g/mol. The number of sulfonamides is 1. The molecule has 0 bridgehead atoms. The molecule has 0 fully saturated rings. The summed E-state index contributed by atoms with van der Waals surface area (Å²) in [5.41, 5.74) is 2.78. The molecule has 0 saturated heterocycles. The molecule has 1 atom stereocenters. The smallest absolute Gasteiger partial charge is 0.243 e. The maximum absolute atomic E-state index is 13.9. The summed E-state index contributed by atoms with van der Waals surface area (Å²) < 4.78 is 28.1. The number of nitrogens with zero attached hydrogens (tertiary/aromatic N) is 2. The van der Waals surface area contributed by atoms with Crippen molar-refractivity contribution in [3.05, 3.63) is 114 Å². The Morgan fingerprint density at radius 2 is 1.50 bits per heavy atom. The number of hydrogen-bond acceptors (Lipinski definition) is 4. The number of nitrogens with one attached hydrogen (secondary N) is 1. The number of likely N-dealkylation sites (N-methyl/N-ethyl adjacent to an activating group) is 2. The molecule has 4 aromatic carbocycles. The van der Waals surface area contributed by atoms with E-state index in [-0.39, 0.29) is 17.3 Å². The number of fused-ring (bicyclic) bond motifs is 1. The van der Waals surface area contributed by atoms with Gasteiger partial charge in [-0.05, 0) is 47.9 Å². The van der Waals surface area contributed by atoms with Crippen LogP contribution in [0.3, 0.4) is 0 Å². The van der Waals surface area contributed by atoms with Crippen LogP contribution in [0.2, 0.25) is 0 Å². The zero-order valence-electron chi connectivity index (χ0n) is 23.1. The summed E-state index contributed by atoms with van der Waals surface area (Å²) in [5, 5.41) is 4.58. The first-order chi connectivity index (χ1) is 19.2. The Morgan fingerprint density at radius 1 is 0.825 bits per heavy atom. The zero-order chi connectivity index (χ0) is 28.7. The molecular weight excluding hydrogens is 522 g/mol. The van der Waals surface area contributed by atoms with Gasteiger partial charge in [0.15, 0.2) is 0 Å². The third-order valence-corrected chi connectivity index (χ3v) is 8.64. The Labute approximate surface area is 236 Å². The molecule has 1 N–H and O–H groups in total. The molecule has 0 aliphatic rings. The number of benzene rings is 4. The third kappa shape index (κ3) is 6.94. The summed E-state index contributed by atoms with van der Waals surface area (Å²) in [5.74, 6) is -0.743. The molecule has 0 heterocycles. The van der Waals surface area contributed by atoms with Crippen molar-refractivity contribution in [2.45, 2.75) is 37.8 Å². The highest BCUT2D eigenvalue weighted by Gasteiger charge is 2.33. The van der Waals surface area contributed by atoms with E-state index in [4.69, 9.17) is 0 Å². The quantitative estimate of drug-likeness (QED) is 0.293. The lowest BCUT2D eigenvalue weighted by Crippen LogP contribution is -2.53. The predicted molar refractivity (Wildman–Crippen MR) is 158 cm³/mol. The maximum Gasteiger partial charge on any atom is 0.243 e. The Kier molecular flexibility index (Phi) is 9.34. The van der Waals surface area contributed by atoms with Gasteiger partial charge in [-0.3, -0.25) is 9.59 Å². The van der Waals surface area contributed by atoms with Gasteiger partial charge in [0.25, 0.3) is 0 Å². The highest BCUT2D eigenvalue weighted by Crippen LogP contribution is 2.22. The molecule has 0 aromatic heterocycles. The van der Waals surface area contributed by atoms with Crippen LogP contribution in [0.1, 0.15) is 23.6 Å². The largest absolute Gasteiger partial charge is 0.355 e. The predicted octanol–water partition coefficient (Wildman–Crippen LogP) is 4.54. The van der Waals surface area contributed by atoms with E-state index in [1.807, 2.05) is 92.7 Å². The zero-order valence-corrected chi connectivity index (χ0v) is 23.9. The number of hydrogen-bond donors (Lipinski definition) is 1. The molecule has 0 spiro atoms. The van der Waals surface area contributed by atoms with Crippen LogP contribution in [-0.4, -0.2) is 55.6 Å². The van der Waals surface area contributed by atoms with Gasteiger partial charge in [0.2, 0.25) is 21.8 Å². The number of carbonyl (C=O) groups is 2. The molecule has 4 aromatic rings. The van der Waals surface area contributed by atoms with Crippen LogP contribution in [0.25, 0.3) is 10.8 Å². The van der Waals surface area contributed by atoms with E-state index in [1.54, 1.807) is 18.2 Å². The minimum atomic E-state index is -3.97. The van der Waals surface area contributed by atoms with Crippen LogP contribution in [0.15, 0.2) is 102 Å². The Morgan fingerprint density at radius 3 is 2.20 bits per heavy atom. The van der Waals surface area contributed by atoms with Crippen LogP contribution < -0.4 is 5.32 Å². The Hall–Kier alpha value is -4.01. The fraction of sp³-hybridized carbons (Fsp3) is 0.250. The molecule has 0 radical (unpaired) electrons. The number of amides is 2. The normalized spacial score (nSPS) is 12.3. The summed E-state index contributed by atoms with van der Waals surface area (Å²) in [6.07, 6.45) is 0.297. The Bertz CT molecular complexity index is 1590. The van der Waals surface area contributed by atoms with Gasteiger partial charge in [0, 0.05) is 26.6 Å². The molecule has 4 rings (SSSR count). The van der Waals surface area contributed by atoms with Gasteiger partial charge in [0.05, 0.1) is 11.4 Å². The number of aryl methyl sites for hydroxylation is 1. The van der Waals surface area contributed by atoms with Crippen LogP contribution in [0.5, 0.6) is 0 Å². The van der Waals surface area contributed by atoms with E-state index in [1.165, 1.54) is 11.9 Å². The minimum absolute atomic E-state index is 0.108. The maximum atomic E-state index is 13.9. The van der Waals surface area contributed by atoms with Crippen molar-refractivity contribution in [3.63, 3.8) is 0 Å². The average Bonchev–Trinajstić information content (AvgIpc) is 2.95. The van der Waals surface area contributed by atoms with Gasteiger partial charge in [-0.25, -0.2) is 8.42 Å². The molecule has 8 heteroatoms. The number of carbonyl (C=O) groups excluding carboxylic acids is 2. The van der Waals surface area contributed by atoms with Crippen molar-refractivity contribution in [2.24, 2.45) is 0 Å². The van der Waals surface area contributed by atoms with Gasteiger partial charge in [-0.1, -0.05) is 90.5 Å². The van der Waals surface area contributed by atoms with E-state index in [0.29, 0.717) is 13.0 Å². The molecule has 0 aliphatic carbocycles. The van der Waals surface area contributed by atoms with Gasteiger partial charge in [-0.15, -0.1) is 0 Å². The summed E-state index contributed by atoms with van der Waals surface area (Å²) in [6, 6.07) is 28.8. The summed E-state index contributed by atoms with van der Waals surface area (Å²) in [4.78, 5) is 28.9. The van der Waals surface area contributed by atoms with Crippen LogP contribution in [0, 0.1) is 6.92 Å². The van der Waals surface area contributed by atoms with Crippen LogP contribution >= 0.6 is 0 Å². The lowest BCUT2D eigenvalue weighted by atomic mass is 10.0. The van der Waals surface area contributed by atoms with Crippen molar-refractivity contribution < 1.29 is 18.0 Å². The van der Waals surface area contributed by atoms with Crippen LogP contribution in [-0.2, 0) is 32.6 Å². The molecule has 40 heavy (non-hydrogen) atoms. The second kappa shape index (κ2) is 12.9. The molecule has 208 valence electrons. The summed E-state index contributed by atoms with van der Waals surface area (Å²) in [6.45, 7) is 3.95. The molecule has 7 nitrogen and oxygen atoms in total. The number of rotatable bonds is 11. The van der Waals surface area contributed by atoms with Gasteiger partial charge in [0.1, 0.15) is 6.04 Å². The van der Waals surface area contributed by atoms with Crippen LogP contribution in [0.4, 0.5) is 0 Å². The first-order valence-corrected chi connectivity index (χ1v) is 14.7. The second-order valence-corrected chi connectivity index (χ2v) is 11.9. The van der Waals surface area contributed by atoms with E-state index in [2.05, 4.69) is 5.32 Å². The summed E-state index contributed by atoms with van der Waals surface area (Å²) >= 11 is 0. The molecule has 0 aliphatic heterocycles. The van der Waals surface area contributed by atoms with E-state index in [9.17, 15) is 18.0 Å². The standard InChI is InChI=1S/C32H35N3O4S/c1-4-33-32(37)30(20-25-12-6-5-7-13-25)35(22-26-14-10-11-24(2)19-26)31(36)23-34(3)40(38,39)29-18-17-27-15-8-9-16-28(27)21-29/h5-19,21,30H,4,20,22-23H2,1-3H3,(H,33,37)/t30-/m1/s1. The first-order valence-electron chi connectivity index (χ1n) is 13.3. The topological polar surface area (TPSA) is 86.8 Å². The first kappa shape index (κ1) is 29.0. The third-order valence-electron chi connectivity index (χ3n) is 6.84. The molecule has 0 unspecified atom stereocenters. The SMILES string of the molecule is CCNC(=O)[C@@H](Cc1ccccc1)N(Cc1cccc(C)c1)C(=O)CN(C)S(=O)(=O)c1ccc2ccccc2c1. The molecular formula is C32H35N3O4S. The van der Waals surface area contributed by atoms with Crippen molar-refractivity contribution in [1.29, 1.82) is 0 Å². The van der Waals surface area contributed by atoms with E-state index >= 15 is 0 Å². The van der Waals surface area contributed by atoms with Gasteiger partial charge >= 0.3 is 0 Å². The fourth-order valence-corrected chi connectivity index (χ4v) is 5.88. The van der Waals surface area contributed by atoms with Crippen molar-refractivity contribution >= 4 is 32.6 Å². The van der Waals surface area contributed by atoms with E-state index in [0.717, 1.165) is 31.8 Å². The lowest BCUT2D eigenvalue weighted by Gasteiger charge is -2.32. The molecule has 0 saturated carbocycles. The van der Waals surface area contributed by atoms with Crippen molar-refractivity contribution in [2.75, 3.05) is 20.1 Å². The summed E-state index contributed by atoms with van der Waals surface area (Å²) in [7, 11) is -2.57. The molecule has 2 amide bonds. The minimum Gasteiger partial charge on any atom is -0.355 e.